The molecule has 2 atom stereocenters. The van der Waals surface area contributed by atoms with Crippen LogP contribution < -0.4 is 0 Å². The summed E-state index contributed by atoms with van der Waals surface area (Å²) in [6.45, 7) is 0. The standard InChI is InChI=1S/C6H5NO2/c8-7-6-4-2-1-3-5(6)9-6/h1-5H. The molecule has 2 rings (SSSR count). The van der Waals surface area contributed by atoms with Crippen molar-refractivity contribution in [2.24, 2.45) is 5.18 Å². The Morgan fingerprint density at radius 1 is 1.56 bits per heavy atom. The van der Waals surface area contributed by atoms with Gasteiger partial charge in [0.1, 0.15) is 6.10 Å². The lowest BCUT2D eigenvalue weighted by molar-refractivity contribution is 0.347. The number of rotatable bonds is 1. The third kappa shape index (κ3) is 0.493. The molecule has 0 radical (unpaired) electrons. The summed E-state index contributed by atoms with van der Waals surface area (Å²) < 4.78 is 4.96. The molecular formula is C6H5NO2. The maximum Gasteiger partial charge on any atom is 0.250 e. The minimum atomic E-state index is -0.811. The summed E-state index contributed by atoms with van der Waals surface area (Å²) in [5.41, 5.74) is -0.811. The molecule has 1 heterocycles. The van der Waals surface area contributed by atoms with Gasteiger partial charge < -0.3 is 4.74 Å². The van der Waals surface area contributed by atoms with Crippen molar-refractivity contribution in [3.63, 3.8) is 0 Å². The quantitative estimate of drug-likeness (QED) is 0.385. The zero-order valence-electron chi connectivity index (χ0n) is 4.65. The van der Waals surface area contributed by atoms with E-state index in [1.165, 1.54) is 0 Å². The molecule has 0 N–H and O–H groups in total. The Morgan fingerprint density at radius 2 is 2.44 bits per heavy atom. The molecule has 0 aromatic carbocycles. The molecule has 0 aromatic rings. The lowest BCUT2D eigenvalue weighted by atomic mass is 10.1. The van der Waals surface area contributed by atoms with E-state index < -0.39 is 5.72 Å². The lowest BCUT2D eigenvalue weighted by Gasteiger charge is -1.93. The smallest absolute Gasteiger partial charge is 0.250 e. The lowest BCUT2D eigenvalue weighted by Crippen LogP contribution is -2.06. The van der Waals surface area contributed by atoms with Crippen LogP contribution in [0.3, 0.4) is 0 Å². The average molecular weight is 123 g/mol. The van der Waals surface area contributed by atoms with Crippen molar-refractivity contribution in [2.75, 3.05) is 0 Å². The first-order valence-electron chi connectivity index (χ1n) is 2.76. The van der Waals surface area contributed by atoms with E-state index in [0.29, 0.717) is 0 Å². The highest BCUT2D eigenvalue weighted by Gasteiger charge is 2.56. The fraction of sp³-hybridized carbons (Fsp3) is 0.333. The van der Waals surface area contributed by atoms with Gasteiger partial charge in [0.2, 0.25) is 5.72 Å². The highest BCUT2D eigenvalue weighted by Crippen LogP contribution is 2.41. The van der Waals surface area contributed by atoms with Crippen molar-refractivity contribution in [3.8, 4) is 0 Å². The molecule has 3 heteroatoms. The molecule has 1 aliphatic heterocycles. The van der Waals surface area contributed by atoms with Crippen LogP contribution in [0.1, 0.15) is 0 Å². The largest absolute Gasteiger partial charge is 0.332 e. The Kier molecular flexibility index (Phi) is 0.706. The predicted octanol–water partition coefficient (Wildman–Crippen LogP) is 0.974. The molecule has 2 aliphatic rings. The first-order chi connectivity index (χ1) is 4.37. The Bertz CT molecular complexity index is 209. The Morgan fingerprint density at radius 3 is 3.00 bits per heavy atom. The van der Waals surface area contributed by atoms with Crippen molar-refractivity contribution in [2.45, 2.75) is 11.8 Å². The summed E-state index contributed by atoms with van der Waals surface area (Å²) in [4.78, 5) is 10.1. The summed E-state index contributed by atoms with van der Waals surface area (Å²) in [7, 11) is 0. The van der Waals surface area contributed by atoms with Crippen LogP contribution >= 0.6 is 0 Å². The van der Waals surface area contributed by atoms with Gasteiger partial charge in [0.25, 0.3) is 0 Å². The third-order valence-electron chi connectivity index (χ3n) is 1.54. The molecule has 0 aromatic heterocycles. The maximum absolute atomic E-state index is 10.1. The first-order valence-corrected chi connectivity index (χ1v) is 2.76. The molecule has 9 heavy (non-hydrogen) atoms. The van der Waals surface area contributed by atoms with Crippen molar-refractivity contribution in [3.05, 3.63) is 29.2 Å². The van der Waals surface area contributed by atoms with E-state index in [1.807, 2.05) is 12.2 Å². The van der Waals surface area contributed by atoms with Crippen LogP contribution in [0.5, 0.6) is 0 Å². The van der Waals surface area contributed by atoms with Crippen LogP contribution in [0.4, 0.5) is 0 Å². The van der Waals surface area contributed by atoms with Gasteiger partial charge in [-0.05, 0) is 11.3 Å². The highest BCUT2D eigenvalue weighted by atomic mass is 16.6. The van der Waals surface area contributed by atoms with E-state index >= 15 is 0 Å². The molecule has 2 unspecified atom stereocenters. The fourth-order valence-electron chi connectivity index (χ4n) is 0.943. The van der Waals surface area contributed by atoms with Crippen LogP contribution in [-0.4, -0.2) is 11.8 Å². The van der Waals surface area contributed by atoms with E-state index in [2.05, 4.69) is 5.18 Å². The second kappa shape index (κ2) is 1.30. The van der Waals surface area contributed by atoms with Crippen LogP contribution in [0.15, 0.2) is 29.5 Å². The number of hydrogen-bond donors (Lipinski definition) is 0. The van der Waals surface area contributed by atoms with E-state index in [-0.39, 0.29) is 6.10 Å². The van der Waals surface area contributed by atoms with Crippen molar-refractivity contribution in [1.82, 2.24) is 0 Å². The average Bonchev–Trinajstić information content (AvgIpc) is 2.62. The Labute approximate surface area is 52.0 Å². The van der Waals surface area contributed by atoms with Gasteiger partial charge in [-0.3, -0.25) is 0 Å². The molecule has 3 nitrogen and oxygen atoms in total. The number of allylic oxidation sites excluding steroid dienone is 2. The summed E-state index contributed by atoms with van der Waals surface area (Å²) in [5, 5.41) is 2.84. The molecule has 0 bridgehead atoms. The number of nitrogens with zero attached hydrogens (tertiary/aromatic N) is 1. The van der Waals surface area contributed by atoms with Gasteiger partial charge in [0.05, 0.1) is 0 Å². The van der Waals surface area contributed by atoms with Crippen molar-refractivity contribution < 1.29 is 4.74 Å². The number of nitroso groups, excluding NO2 is 1. The summed E-state index contributed by atoms with van der Waals surface area (Å²) in [6.07, 6.45) is 7.03. The summed E-state index contributed by atoms with van der Waals surface area (Å²) in [6, 6.07) is 0. The molecule has 0 saturated carbocycles. The number of hydrogen-bond acceptors (Lipinski definition) is 3. The topological polar surface area (TPSA) is 42.0 Å². The van der Waals surface area contributed by atoms with Crippen LogP contribution in [0, 0.1) is 4.91 Å². The second-order valence-corrected chi connectivity index (χ2v) is 2.13. The van der Waals surface area contributed by atoms with Gasteiger partial charge in [0.15, 0.2) is 0 Å². The molecule has 46 valence electrons. The maximum atomic E-state index is 10.1. The van der Waals surface area contributed by atoms with E-state index in [4.69, 9.17) is 4.74 Å². The van der Waals surface area contributed by atoms with E-state index in [0.717, 1.165) is 0 Å². The first kappa shape index (κ1) is 4.88. The van der Waals surface area contributed by atoms with Gasteiger partial charge in [-0.25, -0.2) is 0 Å². The molecule has 0 spiro atoms. The highest BCUT2D eigenvalue weighted by molar-refractivity contribution is 5.30. The number of fused-ring (bicyclic) bond motifs is 1. The number of epoxide rings is 1. The van der Waals surface area contributed by atoms with Gasteiger partial charge in [-0.1, -0.05) is 18.2 Å². The summed E-state index contributed by atoms with van der Waals surface area (Å²) >= 11 is 0. The molecular weight excluding hydrogens is 118 g/mol. The van der Waals surface area contributed by atoms with Gasteiger partial charge in [-0.2, -0.15) is 0 Å². The van der Waals surface area contributed by atoms with Crippen molar-refractivity contribution in [1.29, 1.82) is 0 Å². The van der Waals surface area contributed by atoms with E-state index in [9.17, 15) is 4.91 Å². The molecule has 1 aliphatic carbocycles. The van der Waals surface area contributed by atoms with Crippen molar-refractivity contribution >= 4 is 0 Å². The molecule has 1 fully saturated rings. The Hall–Kier alpha value is -0.960. The van der Waals surface area contributed by atoms with Gasteiger partial charge in [0, 0.05) is 0 Å². The minimum Gasteiger partial charge on any atom is -0.332 e. The monoisotopic (exact) mass is 123 g/mol. The predicted molar refractivity (Wildman–Crippen MR) is 31.7 cm³/mol. The fourth-order valence-corrected chi connectivity index (χ4v) is 0.943. The van der Waals surface area contributed by atoms with Gasteiger partial charge in [-0.15, -0.1) is 4.91 Å². The SMILES string of the molecule is O=NC12C=CC=CC1O2. The molecule has 0 amide bonds. The van der Waals surface area contributed by atoms with Gasteiger partial charge >= 0.3 is 0 Å². The van der Waals surface area contributed by atoms with E-state index in [1.54, 1.807) is 12.2 Å². The minimum absolute atomic E-state index is 0.0833. The number of ether oxygens (including phenoxy) is 1. The zero-order chi connectivity index (χ0) is 6.32. The van der Waals surface area contributed by atoms with Crippen LogP contribution in [0.2, 0.25) is 0 Å². The van der Waals surface area contributed by atoms with Crippen LogP contribution in [-0.2, 0) is 4.74 Å². The summed E-state index contributed by atoms with van der Waals surface area (Å²) in [5.74, 6) is 0. The van der Waals surface area contributed by atoms with Crippen LogP contribution in [0.25, 0.3) is 0 Å². The Balaban J connectivity index is 2.32. The normalized spacial score (nSPS) is 44.2. The third-order valence-corrected chi connectivity index (χ3v) is 1.54. The zero-order valence-corrected chi connectivity index (χ0v) is 4.65. The molecule has 1 saturated heterocycles. The second-order valence-electron chi connectivity index (χ2n) is 2.13.